The lowest BCUT2D eigenvalue weighted by Crippen LogP contribution is -2.10. The number of benzene rings is 1. The lowest BCUT2D eigenvalue weighted by molar-refractivity contribution is -0.0494. The molecule has 0 saturated heterocycles. The number of thiazole rings is 1. The Morgan fingerprint density at radius 3 is 2.79 bits per heavy atom. The number of carbonyl (C=O) groups is 1. The molecule has 0 aliphatic rings. The minimum atomic E-state index is -2.93. The highest BCUT2D eigenvalue weighted by atomic mass is 79.9. The summed E-state index contributed by atoms with van der Waals surface area (Å²) in [6, 6.07) is 9.43. The molecule has 0 aliphatic carbocycles. The van der Waals surface area contributed by atoms with Crippen LogP contribution >= 0.6 is 27.3 Å². The number of rotatable bonds is 5. The van der Waals surface area contributed by atoms with Crippen LogP contribution in [0.3, 0.4) is 0 Å². The Kier molecular flexibility index (Phi) is 4.91. The Labute approximate surface area is 147 Å². The van der Waals surface area contributed by atoms with Crippen LogP contribution in [0.15, 0.2) is 50.9 Å². The van der Waals surface area contributed by atoms with Crippen LogP contribution in [0.2, 0.25) is 0 Å². The molecule has 1 N–H and O–H groups in total. The van der Waals surface area contributed by atoms with E-state index in [-0.39, 0.29) is 11.5 Å². The molecule has 5 nitrogen and oxygen atoms in total. The van der Waals surface area contributed by atoms with Crippen molar-refractivity contribution in [2.24, 2.45) is 0 Å². The largest absolute Gasteiger partial charge is 0.444 e. The van der Waals surface area contributed by atoms with Crippen molar-refractivity contribution < 1.29 is 22.7 Å². The zero-order valence-electron chi connectivity index (χ0n) is 11.8. The third-order valence-corrected chi connectivity index (χ3v) is 4.08. The number of anilines is 1. The Morgan fingerprint density at radius 1 is 1.29 bits per heavy atom. The van der Waals surface area contributed by atoms with Gasteiger partial charge in [0.15, 0.2) is 15.6 Å². The first-order valence-electron chi connectivity index (χ1n) is 6.59. The van der Waals surface area contributed by atoms with E-state index in [1.165, 1.54) is 12.1 Å². The zero-order chi connectivity index (χ0) is 17.1. The van der Waals surface area contributed by atoms with Gasteiger partial charge in [0.25, 0.3) is 5.91 Å². The molecule has 0 fully saturated rings. The molecule has 0 bridgehead atoms. The van der Waals surface area contributed by atoms with Gasteiger partial charge in [-0.15, -0.1) is 11.3 Å². The van der Waals surface area contributed by atoms with E-state index in [2.05, 4.69) is 31.0 Å². The van der Waals surface area contributed by atoms with Crippen LogP contribution in [-0.4, -0.2) is 17.5 Å². The average molecular weight is 415 g/mol. The summed E-state index contributed by atoms with van der Waals surface area (Å²) < 4.78 is 35.0. The van der Waals surface area contributed by atoms with Gasteiger partial charge in [-0.3, -0.25) is 10.1 Å². The van der Waals surface area contributed by atoms with Crippen molar-refractivity contribution >= 4 is 38.3 Å². The first-order chi connectivity index (χ1) is 11.5. The Morgan fingerprint density at radius 2 is 2.08 bits per heavy atom. The summed E-state index contributed by atoms with van der Waals surface area (Å²) >= 11 is 4.28. The fourth-order valence-corrected chi connectivity index (χ4v) is 2.94. The van der Waals surface area contributed by atoms with Crippen molar-refractivity contribution in [2.75, 3.05) is 5.32 Å². The van der Waals surface area contributed by atoms with Crippen molar-refractivity contribution in [3.63, 3.8) is 0 Å². The van der Waals surface area contributed by atoms with Crippen LogP contribution in [0, 0.1) is 0 Å². The molecule has 1 aromatic carbocycles. The summed E-state index contributed by atoms with van der Waals surface area (Å²) in [5.74, 6) is -0.315. The number of nitrogens with zero attached hydrogens (tertiary/aromatic N) is 1. The van der Waals surface area contributed by atoms with Crippen LogP contribution in [0.25, 0.3) is 11.3 Å². The molecule has 0 unspecified atom stereocenters. The highest BCUT2D eigenvalue weighted by Crippen LogP contribution is 2.33. The molecule has 3 aromatic rings. The molecular weight excluding hydrogens is 406 g/mol. The number of ether oxygens (including phenoxy) is 1. The van der Waals surface area contributed by atoms with Crippen molar-refractivity contribution in [1.29, 1.82) is 0 Å². The van der Waals surface area contributed by atoms with Gasteiger partial charge in [0, 0.05) is 10.9 Å². The second-order valence-electron chi connectivity index (χ2n) is 4.47. The Hall–Kier alpha value is -2.26. The highest BCUT2D eigenvalue weighted by Gasteiger charge is 2.16. The number of hydrogen-bond donors (Lipinski definition) is 1. The Balaban J connectivity index is 1.80. The third kappa shape index (κ3) is 3.80. The lowest BCUT2D eigenvalue weighted by Gasteiger charge is -2.08. The summed E-state index contributed by atoms with van der Waals surface area (Å²) in [7, 11) is 0. The molecule has 2 heterocycles. The molecule has 0 spiro atoms. The van der Waals surface area contributed by atoms with Gasteiger partial charge in [-0.05, 0) is 40.2 Å². The smallest absolute Gasteiger partial charge is 0.387 e. The molecule has 24 heavy (non-hydrogen) atoms. The predicted octanol–water partition coefficient (Wildman–Crippen LogP) is 5.02. The van der Waals surface area contributed by atoms with Gasteiger partial charge < -0.3 is 9.15 Å². The number of carbonyl (C=O) groups excluding carboxylic acids is 1. The van der Waals surface area contributed by atoms with Crippen molar-refractivity contribution in [2.45, 2.75) is 6.61 Å². The van der Waals surface area contributed by atoms with E-state index < -0.39 is 12.5 Å². The SMILES string of the molecule is O=C(Nc1nc(-c2ccccc2OC(F)F)cs1)c1ccc(Br)o1. The summed E-state index contributed by atoms with van der Waals surface area (Å²) in [6.07, 6.45) is 0. The Bertz CT molecular complexity index is 866. The van der Waals surface area contributed by atoms with E-state index in [0.29, 0.717) is 21.1 Å². The minimum absolute atomic E-state index is 0.0191. The number of aromatic nitrogens is 1. The molecule has 0 radical (unpaired) electrons. The summed E-state index contributed by atoms with van der Waals surface area (Å²) in [6.45, 7) is -2.93. The molecule has 1 amide bonds. The lowest BCUT2D eigenvalue weighted by atomic mass is 10.1. The number of furan rings is 1. The molecule has 124 valence electrons. The van der Waals surface area contributed by atoms with Crippen molar-refractivity contribution in [3.05, 3.63) is 52.2 Å². The fraction of sp³-hybridized carbons (Fsp3) is 0.0667. The first kappa shape index (κ1) is 16.6. The predicted molar refractivity (Wildman–Crippen MR) is 88.5 cm³/mol. The molecule has 0 aliphatic heterocycles. The second kappa shape index (κ2) is 7.10. The monoisotopic (exact) mass is 414 g/mol. The summed E-state index contributed by atoms with van der Waals surface area (Å²) in [4.78, 5) is 16.2. The van der Waals surface area contributed by atoms with Gasteiger partial charge in [-0.25, -0.2) is 4.98 Å². The topological polar surface area (TPSA) is 64.4 Å². The van der Waals surface area contributed by atoms with E-state index >= 15 is 0 Å². The van der Waals surface area contributed by atoms with E-state index in [1.807, 2.05) is 0 Å². The zero-order valence-corrected chi connectivity index (χ0v) is 14.2. The number of para-hydroxylation sites is 1. The summed E-state index contributed by atoms with van der Waals surface area (Å²) in [5.41, 5.74) is 0.836. The average Bonchev–Trinajstić information content (AvgIpc) is 3.16. The standard InChI is InChI=1S/C15H9BrF2N2O3S/c16-12-6-5-11(22-12)13(21)20-15-19-9(7-24-15)8-3-1-2-4-10(8)23-14(17)18/h1-7,14H,(H,19,20,21). The number of alkyl halides is 2. The van der Waals surface area contributed by atoms with Crippen LogP contribution in [-0.2, 0) is 0 Å². The molecular formula is C15H9BrF2N2O3S. The number of hydrogen-bond acceptors (Lipinski definition) is 5. The quantitative estimate of drug-likeness (QED) is 0.636. The van der Waals surface area contributed by atoms with Crippen LogP contribution in [0.5, 0.6) is 5.75 Å². The maximum atomic E-state index is 12.5. The molecule has 9 heteroatoms. The highest BCUT2D eigenvalue weighted by molar-refractivity contribution is 9.10. The van der Waals surface area contributed by atoms with Gasteiger partial charge in [0.05, 0.1) is 5.69 Å². The van der Waals surface area contributed by atoms with Crippen molar-refractivity contribution in [1.82, 2.24) is 4.98 Å². The normalized spacial score (nSPS) is 10.8. The minimum Gasteiger partial charge on any atom is -0.444 e. The molecule has 0 saturated carbocycles. The third-order valence-electron chi connectivity index (χ3n) is 2.90. The van der Waals surface area contributed by atoms with Gasteiger partial charge in [-0.1, -0.05) is 12.1 Å². The maximum Gasteiger partial charge on any atom is 0.387 e. The van der Waals surface area contributed by atoms with Crippen LogP contribution in [0.4, 0.5) is 13.9 Å². The van der Waals surface area contributed by atoms with E-state index in [0.717, 1.165) is 11.3 Å². The van der Waals surface area contributed by atoms with E-state index in [9.17, 15) is 13.6 Å². The van der Waals surface area contributed by atoms with E-state index in [1.54, 1.807) is 29.6 Å². The van der Waals surface area contributed by atoms with Crippen LogP contribution < -0.4 is 10.1 Å². The summed E-state index contributed by atoms with van der Waals surface area (Å²) in [5, 5.41) is 4.54. The molecule has 3 rings (SSSR count). The van der Waals surface area contributed by atoms with Gasteiger partial charge >= 0.3 is 6.61 Å². The number of amides is 1. The van der Waals surface area contributed by atoms with Gasteiger partial charge in [-0.2, -0.15) is 8.78 Å². The van der Waals surface area contributed by atoms with E-state index in [4.69, 9.17) is 4.42 Å². The molecule has 2 aromatic heterocycles. The molecule has 0 atom stereocenters. The second-order valence-corrected chi connectivity index (χ2v) is 6.11. The number of nitrogens with one attached hydrogen (secondary N) is 1. The van der Waals surface area contributed by atoms with Gasteiger partial charge in [0.2, 0.25) is 0 Å². The maximum absolute atomic E-state index is 12.5. The number of halogens is 3. The van der Waals surface area contributed by atoms with Gasteiger partial charge in [0.1, 0.15) is 5.75 Å². The fourth-order valence-electron chi connectivity index (χ4n) is 1.93. The van der Waals surface area contributed by atoms with Crippen molar-refractivity contribution in [3.8, 4) is 17.0 Å². The first-order valence-corrected chi connectivity index (χ1v) is 8.26. The van der Waals surface area contributed by atoms with Crippen LogP contribution in [0.1, 0.15) is 10.6 Å².